The topological polar surface area (TPSA) is 12.9 Å². The van der Waals surface area contributed by atoms with E-state index in [0.717, 1.165) is 44.3 Å². The van der Waals surface area contributed by atoms with Crippen LogP contribution in [-0.2, 0) is 0 Å². The first kappa shape index (κ1) is 19.4. The van der Waals surface area contributed by atoms with Crippen LogP contribution in [0.15, 0.2) is 121 Å². The van der Waals surface area contributed by atoms with Crippen LogP contribution in [0.3, 0.4) is 0 Å². The first-order chi connectivity index (χ1) is 16.2. The van der Waals surface area contributed by atoms with Crippen LogP contribution < -0.4 is 0 Å². The predicted molar refractivity (Wildman–Crippen MR) is 136 cm³/mol. The summed E-state index contributed by atoms with van der Waals surface area (Å²) in [5, 5.41) is 4.77. The largest absolute Gasteiger partial charge is 0.256 e. The van der Waals surface area contributed by atoms with Gasteiger partial charge in [-0.1, -0.05) is 78.9 Å². The van der Waals surface area contributed by atoms with Gasteiger partial charge in [0.05, 0.1) is 5.69 Å². The van der Waals surface area contributed by atoms with Gasteiger partial charge in [0.25, 0.3) is 0 Å². The number of nitrogens with zero attached hydrogens (tertiary/aromatic N) is 1. The molecule has 33 heavy (non-hydrogen) atoms. The number of halogens is 1. The molecule has 0 saturated heterocycles. The summed E-state index contributed by atoms with van der Waals surface area (Å²) in [4.78, 5) is 4.74. The van der Waals surface area contributed by atoms with Crippen LogP contribution in [0.2, 0.25) is 0 Å². The van der Waals surface area contributed by atoms with Gasteiger partial charge in [-0.2, -0.15) is 0 Å². The maximum Gasteiger partial charge on any atom is 0.123 e. The van der Waals surface area contributed by atoms with Crippen molar-refractivity contribution in [2.24, 2.45) is 0 Å². The van der Waals surface area contributed by atoms with E-state index < -0.39 is 0 Å². The zero-order valence-corrected chi connectivity index (χ0v) is 17.9. The molecule has 5 aromatic carbocycles. The minimum absolute atomic E-state index is 0.218. The molecule has 156 valence electrons. The highest BCUT2D eigenvalue weighted by molar-refractivity contribution is 5.91. The second-order valence-corrected chi connectivity index (χ2v) is 8.28. The first-order valence-corrected chi connectivity index (χ1v) is 11.0. The molecule has 1 heterocycles. The Morgan fingerprint density at radius 3 is 1.64 bits per heavy atom. The van der Waals surface area contributed by atoms with E-state index in [-0.39, 0.29) is 5.82 Å². The van der Waals surface area contributed by atoms with Crippen molar-refractivity contribution in [2.75, 3.05) is 0 Å². The molecule has 0 radical (unpaired) electrons. The summed E-state index contributed by atoms with van der Waals surface area (Å²) in [6, 6.07) is 38.5. The first-order valence-electron chi connectivity index (χ1n) is 11.0. The van der Waals surface area contributed by atoms with E-state index in [2.05, 4.69) is 91.0 Å². The standard InChI is InChI=1S/C31H20FN/c32-30-14-11-22(12-15-30)24-6-7-26-18-27(9-8-25(26)17-24)29-13-16-31(33-20-29)28-10-5-21-3-1-2-4-23(21)19-28/h1-20H. The SMILES string of the molecule is Fc1ccc(-c2ccc3cc(-c4ccc(-c5ccc6ccccc6c5)nc4)ccc3c2)cc1. The highest BCUT2D eigenvalue weighted by atomic mass is 19.1. The Hall–Kier alpha value is -4.30. The van der Waals surface area contributed by atoms with E-state index in [1.54, 1.807) is 0 Å². The summed E-state index contributed by atoms with van der Waals surface area (Å²) in [6.07, 6.45) is 1.94. The summed E-state index contributed by atoms with van der Waals surface area (Å²) in [6.45, 7) is 0. The Morgan fingerprint density at radius 2 is 0.939 bits per heavy atom. The molecule has 0 unspecified atom stereocenters. The second-order valence-electron chi connectivity index (χ2n) is 8.28. The van der Waals surface area contributed by atoms with Crippen molar-refractivity contribution < 1.29 is 4.39 Å². The number of rotatable bonds is 3. The quantitative estimate of drug-likeness (QED) is 0.277. The summed E-state index contributed by atoms with van der Waals surface area (Å²) >= 11 is 0. The number of hydrogen-bond donors (Lipinski definition) is 0. The molecule has 1 aromatic heterocycles. The molecule has 2 heteroatoms. The second kappa shape index (κ2) is 7.99. The molecule has 1 nitrogen and oxygen atoms in total. The highest BCUT2D eigenvalue weighted by Crippen LogP contribution is 2.30. The third-order valence-electron chi connectivity index (χ3n) is 6.16. The van der Waals surface area contributed by atoms with Crippen molar-refractivity contribution in [1.82, 2.24) is 4.98 Å². The third kappa shape index (κ3) is 3.77. The van der Waals surface area contributed by atoms with E-state index >= 15 is 0 Å². The summed E-state index contributed by atoms with van der Waals surface area (Å²) in [5.74, 6) is -0.218. The van der Waals surface area contributed by atoms with Crippen molar-refractivity contribution in [3.8, 4) is 33.5 Å². The zero-order chi connectivity index (χ0) is 22.2. The summed E-state index contributed by atoms with van der Waals surface area (Å²) in [5.41, 5.74) is 6.40. The average Bonchev–Trinajstić information content (AvgIpc) is 2.88. The molecule has 0 saturated carbocycles. The fraction of sp³-hybridized carbons (Fsp3) is 0. The van der Waals surface area contributed by atoms with E-state index in [4.69, 9.17) is 4.98 Å². The number of aromatic nitrogens is 1. The lowest BCUT2D eigenvalue weighted by molar-refractivity contribution is 0.628. The molecule has 0 atom stereocenters. The Balaban J connectivity index is 1.30. The van der Waals surface area contributed by atoms with Gasteiger partial charge >= 0.3 is 0 Å². The number of hydrogen-bond acceptors (Lipinski definition) is 1. The van der Waals surface area contributed by atoms with Crippen molar-refractivity contribution in [2.45, 2.75) is 0 Å². The minimum Gasteiger partial charge on any atom is -0.256 e. The Kier molecular flexibility index (Phi) is 4.70. The third-order valence-corrected chi connectivity index (χ3v) is 6.16. The van der Waals surface area contributed by atoms with Gasteiger partial charge in [0, 0.05) is 17.3 Å². The van der Waals surface area contributed by atoms with Crippen molar-refractivity contribution >= 4 is 21.5 Å². The van der Waals surface area contributed by atoms with Gasteiger partial charge < -0.3 is 0 Å². The van der Waals surface area contributed by atoms with E-state index in [1.807, 2.05) is 18.3 Å². The molecule has 0 N–H and O–H groups in total. The van der Waals surface area contributed by atoms with Crippen molar-refractivity contribution in [3.63, 3.8) is 0 Å². The molecule has 0 aliphatic rings. The lowest BCUT2D eigenvalue weighted by atomic mass is 9.98. The Labute approximate surface area is 191 Å². The molecule has 0 bridgehead atoms. The van der Waals surface area contributed by atoms with Gasteiger partial charge in [-0.05, 0) is 74.6 Å². The fourth-order valence-electron chi connectivity index (χ4n) is 4.33. The van der Waals surface area contributed by atoms with Crippen LogP contribution in [0.4, 0.5) is 4.39 Å². The molecular formula is C31H20FN. The zero-order valence-electron chi connectivity index (χ0n) is 17.9. The normalized spacial score (nSPS) is 11.2. The smallest absolute Gasteiger partial charge is 0.123 e. The molecule has 0 amide bonds. The molecule has 0 aliphatic heterocycles. The average molecular weight is 426 g/mol. The molecule has 0 spiro atoms. The lowest BCUT2D eigenvalue weighted by Crippen LogP contribution is -1.86. The van der Waals surface area contributed by atoms with Gasteiger partial charge in [-0.15, -0.1) is 0 Å². The maximum atomic E-state index is 13.2. The lowest BCUT2D eigenvalue weighted by Gasteiger charge is -2.08. The van der Waals surface area contributed by atoms with E-state index in [0.29, 0.717) is 0 Å². The Bertz CT molecular complexity index is 1600. The number of fused-ring (bicyclic) bond motifs is 2. The van der Waals surface area contributed by atoms with Gasteiger partial charge in [0.1, 0.15) is 5.82 Å². The van der Waals surface area contributed by atoms with E-state index in [9.17, 15) is 4.39 Å². The van der Waals surface area contributed by atoms with Crippen LogP contribution in [0, 0.1) is 5.82 Å². The van der Waals surface area contributed by atoms with Gasteiger partial charge in [0.15, 0.2) is 0 Å². The van der Waals surface area contributed by atoms with Crippen LogP contribution >= 0.6 is 0 Å². The van der Waals surface area contributed by atoms with Crippen LogP contribution in [0.1, 0.15) is 0 Å². The molecule has 0 fully saturated rings. The predicted octanol–water partition coefficient (Wildman–Crippen LogP) is 8.53. The summed E-state index contributed by atoms with van der Waals surface area (Å²) in [7, 11) is 0. The maximum absolute atomic E-state index is 13.2. The molecular weight excluding hydrogens is 405 g/mol. The minimum atomic E-state index is -0.218. The van der Waals surface area contributed by atoms with Crippen molar-refractivity contribution in [1.29, 1.82) is 0 Å². The summed E-state index contributed by atoms with van der Waals surface area (Å²) < 4.78 is 13.2. The molecule has 6 aromatic rings. The van der Waals surface area contributed by atoms with Crippen LogP contribution in [-0.4, -0.2) is 4.98 Å². The van der Waals surface area contributed by atoms with Crippen LogP contribution in [0.25, 0.3) is 55.1 Å². The van der Waals surface area contributed by atoms with Crippen LogP contribution in [0.5, 0.6) is 0 Å². The number of pyridine rings is 1. The van der Waals surface area contributed by atoms with Gasteiger partial charge in [0.2, 0.25) is 0 Å². The monoisotopic (exact) mass is 425 g/mol. The highest BCUT2D eigenvalue weighted by Gasteiger charge is 2.06. The van der Waals surface area contributed by atoms with Gasteiger partial charge in [-0.25, -0.2) is 4.39 Å². The molecule has 0 aliphatic carbocycles. The number of benzene rings is 5. The van der Waals surface area contributed by atoms with Gasteiger partial charge in [-0.3, -0.25) is 4.98 Å². The fourth-order valence-corrected chi connectivity index (χ4v) is 4.33. The molecule has 6 rings (SSSR count). The Morgan fingerprint density at radius 1 is 0.424 bits per heavy atom. The van der Waals surface area contributed by atoms with E-state index in [1.165, 1.54) is 22.9 Å². The van der Waals surface area contributed by atoms with Crippen molar-refractivity contribution in [3.05, 3.63) is 127 Å².